The number of alkyl halides is 3. The molecule has 10 heteroatoms. The Balaban J connectivity index is 2.36. The molecule has 0 aliphatic carbocycles. The lowest BCUT2D eigenvalue weighted by atomic mass is 10.0. The first-order valence-electron chi connectivity index (χ1n) is 7.87. The third-order valence-corrected chi connectivity index (χ3v) is 3.99. The predicted octanol–water partition coefficient (Wildman–Crippen LogP) is 3.67. The van der Waals surface area contributed by atoms with E-state index in [-0.39, 0.29) is 22.5 Å². The fraction of sp³-hybridized carbons (Fsp3) is 0.111. The van der Waals surface area contributed by atoms with Crippen LogP contribution < -0.4 is 4.57 Å². The van der Waals surface area contributed by atoms with Gasteiger partial charge in [-0.3, -0.25) is 10.1 Å². The van der Waals surface area contributed by atoms with E-state index >= 15 is 0 Å². The molecule has 0 radical (unpaired) electrons. The van der Waals surface area contributed by atoms with Gasteiger partial charge in [0.15, 0.2) is 18.1 Å². The minimum atomic E-state index is -4.79. The highest BCUT2D eigenvalue weighted by Gasteiger charge is 2.44. The van der Waals surface area contributed by atoms with Crippen LogP contribution in [-0.4, -0.2) is 23.0 Å². The number of pyridine rings is 1. The quantitative estimate of drug-likeness (QED) is 0.318. The molecule has 0 spiro atoms. The van der Waals surface area contributed by atoms with Crippen molar-refractivity contribution in [2.75, 3.05) is 7.11 Å². The molecule has 0 amide bonds. The van der Waals surface area contributed by atoms with Gasteiger partial charge in [-0.1, -0.05) is 6.07 Å². The van der Waals surface area contributed by atoms with Crippen LogP contribution in [-0.2, 0) is 10.9 Å². The van der Waals surface area contributed by atoms with Gasteiger partial charge >= 0.3 is 12.1 Å². The molecule has 0 aliphatic heterocycles. The van der Waals surface area contributed by atoms with Crippen LogP contribution in [0.3, 0.4) is 0 Å². The second-order valence-corrected chi connectivity index (χ2v) is 5.67. The molecule has 7 nitrogen and oxygen atoms in total. The monoisotopic (exact) mass is 392 g/mol. The number of rotatable bonds is 4. The largest absolute Gasteiger partial charge is 0.464 e. The van der Waals surface area contributed by atoms with Gasteiger partial charge in [-0.2, -0.15) is 17.7 Å². The van der Waals surface area contributed by atoms with Gasteiger partial charge in [0.05, 0.1) is 17.6 Å². The number of nitro groups is 1. The van der Waals surface area contributed by atoms with Gasteiger partial charge < -0.3 is 9.72 Å². The zero-order valence-electron chi connectivity index (χ0n) is 14.4. The summed E-state index contributed by atoms with van der Waals surface area (Å²) in [5.41, 5.74) is -1.99. The van der Waals surface area contributed by atoms with Crippen molar-refractivity contribution >= 4 is 11.7 Å². The van der Waals surface area contributed by atoms with E-state index in [4.69, 9.17) is 0 Å². The topological polar surface area (TPSA) is 89.1 Å². The predicted molar refractivity (Wildman–Crippen MR) is 90.8 cm³/mol. The number of ether oxygens (including phenoxy) is 1. The Labute approximate surface area is 156 Å². The smallest absolute Gasteiger partial charge is 0.437 e. The van der Waals surface area contributed by atoms with Gasteiger partial charge in [-0.25, -0.2) is 4.79 Å². The number of H-pyrrole nitrogens is 1. The van der Waals surface area contributed by atoms with Crippen LogP contribution in [0.5, 0.6) is 0 Å². The average Bonchev–Trinajstić information content (AvgIpc) is 3.09. The number of hydrogen-bond acceptors (Lipinski definition) is 4. The molecule has 3 aromatic rings. The van der Waals surface area contributed by atoms with Gasteiger partial charge in [0.1, 0.15) is 5.69 Å². The summed E-state index contributed by atoms with van der Waals surface area (Å²) in [4.78, 5) is 24.5. The van der Waals surface area contributed by atoms with Crippen LogP contribution >= 0.6 is 0 Å². The summed E-state index contributed by atoms with van der Waals surface area (Å²) in [5, 5.41) is 10.9. The Bertz CT molecular complexity index is 1030. The minimum absolute atomic E-state index is 0.0785. The fourth-order valence-electron chi connectivity index (χ4n) is 2.79. The maximum atomic E-state index is 13.7. The maximum Gasteiger partial charge on any atom is 0.437 e. The van der Waals surface area contributed by atoms with Crippen molar-refractivity contribution in [3.8, 4) is 16.8 Å². The summed E-state index contributed by atoms with van der Waals surface area (Å²) in [6, 6.07) is 9.55. The van der Waals surface area contributed by atoms with Crippen molar-refractivity contribution in [1.82, 2.24) is 4.98 Å². The number of benzene rings is 1. The Morgan fingerprint density at radius 3 is 2.25 bits per heavy atom. The van der Waals surface area contributed by atoms with E-state index in [0.717, 1.165) is 19.2 Å². The molecule has 2 heterocycles. The Kier molecular flexibility index (Phi) is 4.87. The number of carbonyl (C=O) groups is 1. The van der Waals surface area contributed by atoms with Crippen molar-refractivity contribution in [3.05, 3.63) is 76.4 Å². The lowest BCUT2D eigenvalue weighted by Gasteiger charge is -2.06. The average molecular weight is 392 g/mol. The molecule has 0 saturated carbocycles. The number of halogens is 3. The highest BCUT2D eigenvalue weighted by molar-refractivity contribution is 5.98. The number of nitro benzene ring substituents is 1. The van der Waals surface area contributed by atoms with Crippen molar-refractivity contribution in [3.63, 3.8) is 0 Å². The van der Waals surface area contributed by atoms with Crippen molar-refractivity contribution in [1.29, 1.82) is 0 Å². The number of aromatic amines is 1. The van der Waals surface area contributed by atoms with Crippen LogP contribution in [0.1, 0.15) is 16.2 Å². The molecule has 0 unspecified atom stereocenters. The van der Waals surface area contributed by atoms with Crippen molar-refractivity contribution in [2.24, 2.45) is 0 Å². The molecule has 0 aliphatic rings. The molecule has 1 aromatic carbocycles. The molecule has 0 bridgehead atoms. The van der Waals surface area contributed by atoms with Gasteiger partial charge in [0, 0.05) is 24.3 Å². The zero-order chi connectivity index (χ0) is 20.5. The third-order valence-electron chi connectivity index (χ3n) is 3.99. The molecule has 0 fully saturated rings. The zero-order valence-corrected chi connectivity index (χ0v) is 14.4. The molecule has 28 heavy (non-hydrogen) atoms. The maximum absolute atomic E-state index is 13.7. The number of methoxy groups -OCH3 is 1. The van der Waals surface area contributed by atoms with Crippen LogP contribution in [0.25, 0.3) is 16.8 Å². The number of esters is 1. The van der Waals surface area contributed by atoms with Gasteiger partial charge in [0.2, 0.25) is 5.69 Å². The molecular formula is C18H13F3N3O4+. The molecular weight excluding hydrogens is 379 g/mol. The molecule has 0 saturated heterocycles. The molecule has 0 atom stereocenters. The molecule has 2 aromatic heterocycles. The van der Waals surface area contributed by atoms with E-state index in [1.54, 1.807) is 6.07 Å². The van der Waals surface area contributed by atoms with E-state index < -0.39 is 28.5 Å². The number of nitrogens with one attached hydrogen (secondary N) is 1. The fourth-order valence-corrected chi connectivity index (χ4v) is 2.79. The first-order chi connectivity index (χ1) is 13.2. The summed E-state index contributed by atoms with van der Waals surface area (Å²) in [5.74, 6) is -0.998. The van der Waals surface area contributed by atoms with E-state index in [0.29, 0.717) is 0 Å². The van der Waals surface area contributed by atoms with E-state index in [1.807, 2.05) is 0 Å². The SMILES string of the molecule is COC(=O)c1[nH]c(C(F)(F)F)c(-[n+]2ccccc2)c1-c1ccc([N+](=O)[O-])cc1. The first kappa shape index (κ1) is 19.1. The van der Waals surface area contributed by atoms with Crippen LogP contribution in [0, 0.1) is 10.1 Å². The van der Waals surface area contributed by atoms with Crippen LogP contribution in [0.2, 0.25) is 0 Å². The van der Waals surface area contributed by atoms with E-state index in [9.17, 15) is 28.1 Å². The van der Waals surface area contributed by atoms with Crippen LogP contribution in [0.15, 0.2) is 54.9 Å². The second kappa shape index (κ2) is 7.14. The third kappa shape index (κ3) is 3.43. The molecule has 144 valence electrons. The second-order valence-electron chi connectivity index (χ2n) is 5.67. The van der Waals surface area contributed by atoms with Crippen LogP contribution in [0.4, 0.5) is 18.9 Å². The van der Waals surface area contributed by atoms with Gasteiger partial charge in [0.25, 0.3) is 5.69 Å². The lowest BCUT2D eigenvalue weighted by molar-refractivity contribution is -0.596. The first-order valence-corrected chi connectivity index (χ1v) is 7.87. The normalized spacial score (nSPS) is 11.3. The number of carbonyl (C=O) groups excluding carboxylic acids is 1. The van der Waals surface area contributed by atoms with Gasteiger partial charge in [-0.15, -0.1) is 0 Å². The van der Waals surface area contributed by atoms with E-state index in [1.165, 1.54) is 41.2 Å². The molecule has 1 N–H and O–H groups in total. The van der Waals surface area contributed by atoms with Crippen molar-refractivity contribution < 1.29 is 32.2 Å². The minimum Gasteiger partial charge on any atom is -0.464 e. The highest BCUT2D eigenvalue weighted by Crippen LogP contribution is 2.39. The standard InChI is InChI=1S/C18H12F3N3O4/c1-28-17(25)14-13(11-5-7-12(8-6-11)24(26)27)15(16(22-14)18(19,20)21)23-9-3-2-4-10-23/h2-10H,1H3/p+1. The Morgan fingerprint density at radius 1 is 1.14 bits per heavy atom. The van der Waals surface area contributed by atoms with Crippen molar-refractivity contribution in [2.45, 2.75) is 6.18 Å². The number of hydrogen-bond donors (Lipinski definition) is 1. The van der Waals surface area contributed by atoms with Gasteiger partial charge in [-0.05, 0) is 17.7 Å². The summed E-state index contributed by atoms with van der Waals surface area (Å²) in [7, 11) is 1.05. The number of non-ortho nitro benzene ring substituents is 1. The summed E-state index contributed by atoms with van der Waals surface area (Å²) in [6.45, 7) is 0. The van der Waals surface area contributed by atoms with E-state index in [2.05, 4.69) is 9.72 Å². The Morgan fingerprint density at radius 2 is 1.75 bits per heavy atom. The highest BCUT2D eigenvalue weighted by atomic mass is 19.4. The number of nitrogens with zero attached hydrogens (tertiary/aromatic N) is 2. The lowest BCUT2D eigenvalue weighted by Crippen LogP contribution is -2.32. The molecule has 3 rings (SSSR count). The summed E-state index contributed by atoms with van der Waals surface area (Å²) < 4.78 is 46.9. The summed E-state index contributed by atoms with van der Waals surface area (Å²) >= 11 is 0. The Hall–Kier alpha value is -3.69. The number of aromatic nitrogens is 2. The summed E-state index contributed by atoms with van der Waals surface area (Å²) in [6.07, 6.45) is -2.00.